The minimum absolute atomic E-state index is 0.311. The van der Waals surface area contributed by atoms with Gasteiger partial charge in [-0.3, -0.25) is 0 Å². The fraction of sp³-hybridized carbons (Fsp3) is 0.833. The van der Waals surface area contributed by atoms with Gasteiger partial charge in [0.05, 0.1) is 12.4 Å². The standard InChI is InChI=1S/C12H20O2/c1-9-3-5-11(13-7-9)12-6-4-10(2)8-14-12/h7,10-12H,3-6,8H2,1-2H3. The van der Waals surface area contributed by atoms with Crippen LogP contribution in [0, 0.1) is 5.92 Å². The fourth-order valence-electron chi connectivity index (χ4n) is 2.17. The van der Waals surface area contributed by atoms with Crippen molar-refractivity contribution in [2.45, 2.75) is 51.7 Å². The van der Waals surface area contributed by atoms with Crippen LogP contribution in [0.1, 0.15) is 39.5 Å². The Morgan fingerprint density at radius 1 is 1.21 bits per heavy atom. The van der Waals surface area contributed by atoms with Crippen molar-refractivity contribution in [2.75, 3.05) is 6.61 Å². The summed E-state index contributed by atoms with van der Waals surface area (Å²) < 4.78 is 11.5. The van der Waals surface area contributed by atoms with Gasteiger partial charge in [-0.1, -0.05) is 6.92 Å². The molecular formula is C12H20O2. The van der Waals surface area contributed by atoms with Gasteiger partial charge in [-0.05, 0) is 44.1 Å². The third-order valence-electron chi connectivity index (χ3n) is 3.22. The lowest BCUT2D eigenvalue weighted by molar-refractivity contribution is -0.0875. The zero-order valence-corrected chi connectivity index (χ0v) is 9.16. The van der Waals surface area contributed by atoms with Crippen molar-refractivity contribution in [3.63, 3.8) is 0 Å². The van der Waals surface area contributed by atoms with E-state index in [2.05, 4.69) is 13.8 Å². The molecule has 80 valence electrons. The summed E-state index contributed by atoms with van der Waals surface area (Å²) in [6.45, 7) is 5.29. The quantitative estimate of drug-likeness (QED) is 0.642. The van der Waals surface area contributed by atoms with Gasteiger partial charge >= 0.3 is 0 Å². The molecule has 0 aliphatic carbocycles. The summed E-state index contributed by atoms with van der Waals surface area (Å²) in [7, 11) is 0. The number of allylic oxidation sites excluding steroid dienone is 1. The Labute approximate surface area is 86.3 Å². The molecule has 2 aliphatic rings. The molecule has 0 amide bonds. The maximum atomic E-state index is 5.81. The Morgan fingerprint density at radius 2 is 2.07 bits per heavy atom. The molecule has 2 rings (SSSR count). The summed E-state index contributed by atoms with van der Waals surface area (Å²) in [6.07, 6.45) is 7.31. The van der Waals surface area contributed by atoms with E-state index in [1.54, 1.807) is 0 Å². The molecule has 0 aromatic heterocycles. The first kappa shape index (κ1) is 10.0. The van der Waals surface area contributed by atoms with Gasteiger partial charge in [0.2, 0.25) is 0 Å². The first-order valence-corrected chi connectivity index (χ1v) is 5.68. The Kier molecular flexibility index (Phi) is 3.12. The van der Waals surface area contributed by atoms with E-state index in [1.165, 1.54) is 24.8 Å². The minimum atomic E-state index is 0.311. The first-order valence-electron chi connectivity index (χ1n) is 5.68. The molecule has 2 heteroatoms. The summed E-state index contributed by atoms with van der Waals surface area (Å²) in [5, 5.41) is 0. The van der Waals surface area contributed by atoms with Crippen LogP contribution in [0.3, 0.4) is 0 Å². The molecule has 1 saturated heterocycles. The Hall–Kier alpha value is -0.500. The topological polar surface area (TPSA) is 18.5 Å². The van der Waals surface area contributed by atoms with Crippen LogP contribution in [0.25, 0.3) is 0 Å². The van der Waals surface area contributed by atoms with Crippen LogP contribution < -0.4 is 0 Å². The molecule has 2 heterocycles. The molecule has 0 saturated carbocycles. The Morgan fingerprint density at radius 3 is 2.64 bits per heavy atom. The second-order valence-corrected chi connectivity index (χ2v) is 4.73. The molecule has 0 aromatic rings. The molecule has 3 unspecified atom stereocenters. The Bertz CT molecular complexity index is 214. The second-order valence-electron chi connectivity index (χ2n) is 4.73. The average molecular weight is 196 g/mol. The van der Waals surface area contributed by atoms with Crippen LogP contribution in [-0.4, -0.2) is 18.8 Å². The van der Waals surface area contributed by atoms with Gasteiger partial charge in [0.25, 0.3) is 0 Å². The lowest BCUT2D eigenvalue weighted by Crippen LogP contribution is -2.36. The van der Waals surface area contributed by atoms with Gasteiger partial charge in [0.15, 0.2) is 0 Å². The molecule has 0 N–H and O–H groups in total. The molecule has 0 aromatic carbocycles. The van der Waals surface area contributed by atoms with E-state index in [-0.39, 0.29) is 0 Å². The highest BCUT2D eigenvalue weighted by Crippen LogP contribution is 2.27. The second kappa shape index (κ2) is 4.35. The van der Waals surface area contributed by atoms with Crippen LogP contribution in [0.5, 0.6) is 0 Å². The van der Waals surface area contributed by atoms with Gasteiger partial charge < -0.3 is 9.47 Å². The van der Waals surface area contributed by atoms with Crippen LogP contribution >= 0.6 is 0 Å². The predicted molar refractivity (Wildman–Crippen MR) is 56.0 cm³/mol. The van der Waals surface area contributed by atoms with Crippen molar-refractivity contribution >= 4 is 0 Å². The summed E-state index contributed by atoms with van der Waals surface area (Å²) in [5.41, 5.74) is 1.35. The van der Waals surface area contributed by atoms with Gasteiger partial charge in [-0.25, -0.2) is 0 Å². The molecule has 0 bridgehead atoms. The summed E-state index contributed by atoms with van der Waals surface area (Å²) in [5.74, 6) is 0.729. The lowest BCUT2D eigenvalue weighted by atomic mass is 9.94. The van der Waals surface area contributed by atoms with Crippen molar-refractivity contribution in [2.24, 2.45) is 5.92 Å². The summed E-state index contributed by atoms with van der Waals surface area (Å²) in [4.78, 5) is 0. The van der Waals surface area contributed by atoms with E-state index in [9.17, 15) is 0 Å². The number of hydrogen-bond donors (Lipinski definition) is 0. The molecular weight excluding hydrogens is 176 g/mol. The van der Waals surface area contributed by atoms with Crippen molar-refractivity contribution < 1.29 is 9.47 Å². The van der Waals surface area contributed by atoms with E-state index < -0.39 is 0 Å². The molecule has 14 heavy (non-hydrogen) atoms. The highest BCUT2D eigenvalue weighted by atomic mass is 16.5. The van der Waals surface area contributed by atoms with Gasteiger partial charge in [-0.2, -0.15) is 0 Å². The smallest absolute Gasteiger partial charge is 0.124 e. The molecule has 3 atom stereocenters. The lowest BCUT2D eigenvalue weighted by Gasteiger charge is -2.34. The van der Waals surface area contributed by atoms with Gasteiger partial charge in [0, 0.05) is 6.61 Å². The predicted octanol–water partition coefficient (Wildman–Crippen LogP) is 2.88. The summed E-state index contributed by atoms with van der Waals surface area (Å²) >= 11 is 0. The van der Waals surface area contributed by atoms with Crippen LogP contribution in [0.15, 0.2) is 11.8 Å². The van der Waals surface area contributed by atoms with E-state index in [4.69, 9.17) is 9.47 Å². The maximum Gasteiger partial charge on any atom is 0.124 e. The monoisotopic (exact) mass is 196 g/mol. The Balaban J connectivity index is 1.84. The van der Waals surface area contributed by atoms with E-state index in [1.807, 2.05) is 6.26 Å². The average Bonchev–Trinajstić information content (AvgIpc) is 2.21. The van der Waals surface area contributed by atoms with Gasteiger partial charge in [-0.15, -0.1) is 0 Å². The molecule has 0 radical (unpaired) electrons. The highest BCUT2D eigenvalue weighted by molar-refractivity contribution is 4.98. The third kappa shape index (κ3) is 2.30. The third-order valence-corrected chi connectivity index (χ3v) is 3.22. The number of ether oxygens (including phenoxy) is 2. The maximum absolute atomic E-state index is 5.81. The number of rotatable bonds is 1. The van der Waals surface area contributed by atoms with Crippen LogP contribution in [0.4, 0.5) is 0 Å². The minimum Gasteiger partial charge on any atom is -0.495 e. The van der Waals surface area contributed by atoms with Crippen molar-refractivity contribution in [3.05, 3.63) is 11.8 Å². The SMILES string of the molecule is CC1=COC(C2CCC(C)CO2)CC1. The van der Waals surface area contributed by atoms with E-state index in [0.29, 0.717) is 12.2 Å². The molecule has 1 fully saturated rings. The zero-order valence-electron chi connectivity index (χ0n) is 9.16. The highest BCUT2D eigenvalue weighted by Gasteiger charge is 2.28. The molecule has 2 aliphatic heterocycles. The largest absolute Gasteiger partial charge is 0.495 e. The normalized spacial score (nSPS) is 38.7. The van der Waals surface area contributed by atoms with Crippen molar-refractivity contribution in [3.8, 4) is 0 Å². The van der Waals surface area contributed by atoms with E-state index in [0.717, 1.165) is 18.9 Å². The van der Waals surface area contributed by atoms with E-state index >= 15 is 0 Å². The first-order chi connectivity index (χ1) is 6.75. The number of hydrogen-bond acceptors (Lipinski definition) is 2. The van der Waals surface area contributed by atoms with Gasteiger partial charge in [0.1, 0.15) is 6.10 Å². The summed E-state index contributed by atoms with van der Waals surface area (Å²) in [6, 6.07) is 0. The van der Waals surface area contributed by atoms with Crippen LogP contribution in [-0.2, 0) is 9.47 Å². The fourth-order valence-corrected chi connectivity index (χ4v) is 2.17. The zero-order chi connectivity index (χ0) is 9.97. The van der Waals surface area contributed by atoms with Crippen LogP contribution in [0.2, 0.25) is 0 Å². The molecule has 2 nitrogen and oxygen atoms in total. The molecule has 0 spiro atoms. The van der Waals surface area contributed by atoms with Crippen molar-refractivity contribution in [1.29, 1.82) is 0 Å². The van der Waals surface area contributed by atoms with Crippen molar-refractivity contribution in [1.82, 2.24) is 0 Å².